The molecule has 8 nitrogen and oxygen atoms in total. The average molecular weight is 296 g/mol. The Morgan fingerprint density at radius 2 is 1.95 bits per heavy atom. The minimum absolute atomic E-state index is 0.689. The fraction of sp³-hybridized carbons (Fsp3) is 0.357. The second-order valence-electron chi connectivity index (χ2n) is 5.20. The van der Waals surface area contributed by atoms with E-state index >= 15 is 0 Å². The van der Waals surface area contributed by atoms with Gasteiger partial charge in [-0.1, -0.05) is 0 Å². The van der Waals surface area contributed by atoms with Crippen LogP contribution in [0, 0.1) is 0 Å². The van der Waals surface area contributed by atoms with Gasteiger partial charge in [-0.3, -0.25) is 0 Å². The molecule has 0 unspecified atom stereocenters. The number of aromatic nitrogens is 7. The second-order valence-corrected chi connectivity index (χ2v) is 5.20. The first-order chi connectivity index (χ1) is 10.9. The maximum Gasteiger partial charge on any atom is 0.225 e. The van der Waals surface area contributed by atoms with Crippen molar-refractivity contribution in [1.82, 2.24) is 34.3 Å². The monoisotopic (exact) mass is 296 g/mol. The smallest absolute Gasteiger partial charge is 0.225 e. The van der Waals surface area contributed by atoms with Gasteiger partial charge in [0.05, 0.1) is 18.4 Å². The first kappa shape index (κ1) is 12.9. The van der Waals surface area contributed by atoms with Crippen LogP contribution in [-0.2, 0) is 19.5 Å². The van der Waals surface area contributed by atoms with Gasteiger partial charge in [0.2, 0.25) is 5.95 Å². The Labute approximate surface area is 127 Å². The van der Waals surface area contributed by atoms with Crippen molar-refractivity contribution in [3.63, 3.8) is 0 Å². The number of hydrogen-bond acceptors (Lipinski definition) is 6. The molecule has 4 rings (SSSR count). The van der Waals surface area contributed by atoms with E-state index in [9.17, 15) is 0 Å². The lowest BCUT2D eigenvalue weighted by molar-refractivity contribution is 0.599. The maximum absolute atomic E-state index is 4.56. The molecule has 0 saturated carbocycles. The third-order valence-electron chi connectivity index (χ3n) is 3.85. The topological polar surface area (TPSA) is 77.5 Å². The van der Waals surface area contributed by atoms with Crippen molar-refractivity contribution in [1.29, 1.82) is 0 Å². The highest BCUT2D eigenvalue weighted by Crippen LogP contribution is 2.15. The summed E-state index contributed by atoms with van der Waals surface area (Å²) in [6, 6.07) is 1.84. The summed E-state index contributed by atoms with van der Waals surface area (Å²) >= 11 is 0. The standard InChI is InChI=1S/C14H16N8/c1-3-16-14(17-4-1)20-5-2-13-18-8-12(22(13)7-6-20)9-21-11-15-10-19-21/h1,3-4,8,10-11H,2,5-7,9H2. The van der Waals surface area contributed by atoms with Crippen LogP contribution >= 0.6 is 0 Å². The van der Waals surface area contributed by atoms with E-state index in [0.717, 1.165) is 43.5 Å². The van der Waals surface area contributed by atoms with Gasteiger partial charge in [-0.25, -0.2) is 24.6 Å². The van der Waals surface area contributed by atoms with Gasteiger partial charge in [-0.05, 0) is 6.07 Å². The zero-order chi connectivity index (χ0) is 14.8. The van der Waals surface area contributed by atoms with Crippen LogP contribution < -0.4 is 4.90 Å². The summed E-state index contributed by atoms with van der Waals surface area (Å²) in [5.74, 6) is 1.89. The summed E-state index contributed by atoms with van der Waals surface area (Å²) in [5.41, 5.74) is 1.15. The fourth-order valence-corrected chi connectivity index (χ4v) is 2.75. The molecule has 0 fully saturated rings. The van der Waals surface area contributed by atoms with Crippen LogP contribution in [0.5, 0.6) is 0 Å². The maximum atomic E-state index is 4.56. The zero-order valence-electron chi connectivity index (χ0n) is 12.1. The highest BCUT2D eigenvalue weighted by atomic mass is 15.3. The average Bonchev–Trinajstić information content (AvgIpc) is 3.15. The van der Waals surface area contributed by atoms with Gasteiger partial charge < -0.3 is 9.47 Å². The van der Waals surface area contributed by atoms with E-state index in [1.165, 1.54) is 0 Å². The van der Waals surface area contributed by atoms with Crippen molar-refractivity contribution in [3.05, 3.63) is 48.8 Å². The van der Waals surface area contributed by atoms with Gasteiger partial charge in [0.1, 0.15) is 18.5 Å². The molecule has 0 amide bonds. The Hall–Kier alpha value is -2.77. The van der Waals surface area contributed by atoms with E-state index in [2.05, 4.69) is 34.5 Å². The SMILES string of the molecule is c1cnc(N2CCc3ncc(Cn4cncn4)n3CC2)nc1. The normalized spacial score (nSPS) is 14.6. The molecule has 0 spiro atoms. The highest BCUT2D eigenvalue weighted by molar-refractivity contribution is 5.29. The van der Waals surface area contributed by atoms with Crippen LogP contribution in [0.25, 0.3) is 0 Å². The highest BCUT2D eigenvalue weighted by Gasteiger charge is 2.19. The number of imidazole rings is 1. The van der Waals surface area contributed by atoms with Gasteiger partial charge in [-0.2, -0.15) is 5.10 Å². The largest absolute Gasteiger partial charge is 0.339 e. The minimum Gasteiger partial charge on any atom is -0.339 e. The molecule has 22 heavy (non-hydrogen) atoms. The lowest BCUT2D eigenvalue weighted by Crippen LogP contribution is -2.28. The summed E-state index contributed by atoms with van der Waals surface area (Å²) in [5, 5.41) is 4.16. The molecule has 4 heterocycles. The molecule has 0 aromatic carbocycles. The van der Waals surface area contributed by atoms with Crippen LogP contribution in [0.2, 0.25) is 0 Å². The van der Waals surface area contributed by atoms with Gasteiger partial charge in [0.15, 0.2) is 0 Å². The Kier molecular flexibility index (Phi) is 3.26. The van der Waals surface area contributed by atoms with Crippen molar-refractivity contribution in [2.24, 2.45) is 0 Å². The Balaban J connectivity index is 1.54. The van der Waals surface area contributed by atoms with E-state index in [4.69, 9.17) is 0 Å². The molecule has 0 radical (unpaired) electrons. The molecule has 0 saturated heterocycles. The van der Waals surface area contributed by atoms with E-state index < -0.39 is 0 Å². The predicted molar refractivity (Wildman–Crippen MR) is 79.3 cm³/mol. The van der Waals surface area contributed by atoms with Gasteiger partial charge in [0, 0.05) is 38.4 Å². The van der Waals surface area contributed by atoms with E-state index in [0.29, 0.717) is 6.54 Å². The number of hydrogen-bond donors (Lipinski definition) is 0. The van der Waals surface area contributed by atoms with Crippen LogP contribution in [-0.4, -0.2) is 47.4 Å². The Morgan fingerprint density at radius 1 is 1.05 bits per heavy atom. The molecule has 8 heteroatoms. The third-order valence-corrected chi connectivity index (χ3v) is 3.85. The second kappa shape index (κ2) is 5.55. The van der Waals surface area contributed by atoms with Crippen molar-refractivity contribution < 1.29 is 0 Å². The quantitative estimate of drug-likeness (QED) is 0.695. The molecule has 0 atom stereocenters. The number of nitrogens with zero attached hydrogens (tertiary/aromatic N) is 8. The van der Waals surface area contributed by atoms with Gasteiger partial charge in [-0.15, -0.1) is 0 Å². The van der Waals surface area contributed by atoms with Crippen LogP contribution in [0.4, 0.5) is 5.95 Å². The first-order valence-corrected chi connectivity index (χ1v) is 7.28. The van der Waals surface area contributed by atoms with Crippen molar-refractivity contribution in [2.45, 2.75) is 19.5 Å². The van der Waals surface area contributed by atoms with Crippen molar-refractivity contribution >= 4 is 5.95 Å². The van der Waals surface area contributed by atoms with Crippen molar-refractivity contribution in [2.75, 3.05) is 18.0 Å². The lowest BCUT2D eigenvalue weighted by Gasteiger charge is -2.19. The number of fused-ring (bicyclic) bond motifs is 1. The molecule has 3 aromatic heterocycles. The van der Waals surface area contributed by atoms with Crippen LogP contribution in [0.1, 0.15) is 11.5 Å². The molecular weight excluding hydrogens is 280 g/mol. The minimum atomic E-state index is 0.689. The third kappa shape index (κ3) is 2.43. The van der Waals surface area contributed by atoms with Crippen LogP contribution in [0.15, 0.2) is 37.3 Å². The Bertz CT molecular complexity index is 734. The molecule has 1 aliphatic rings. The van der Waals surface area contributed by atoms with Gasteiger partial charge in [0.25, 0.3) is 0 Å². The number of rotatable bonds is 3. The van der Waals surface area contributed by atoms with E-state index in [1.807, 2.05) is 16.9 Å². The Morgan fingerprint density at radius 3 is 2.77 bits per heavy atom. The molecule has 0 N–H and O–H groups in total. The van der Waals surface area contributed by atoms with E-state index in [1.54, 1.807) is 25.0 Å². The summed E-state index contributed by atoms with van der Waals surface area (Å²) in [6.45, 7) is 3.31. The summed E-state index contributed by atoms with van der Waals surface area (Å²) < 4.78 is 4.08. The molecule has 112 valence electrons. The fourth-order valence-electron chi connectivity index (χ4n) is 2.75. The zero-order valence-corrected chi connectivity index (χ0v) is 12.1. The summed E-state index contributed by atoms with van der Waals surface area (Å²) in [7, 11) is 0. The molecule has 1 aliphatic heterocycles. The van der Waals surface area contributed by atoms with Gasteiger partial charge >= 0.3 is 0 Å². The molecule has 3 aromatic rings. The lowest BCUT2D eigenvalue weighted by atomic mass is 10.4. The summed E-state index contributed by atoms with van der Waals surface area (Å²) in [4.78, 5) is 19.4. The predicted octanol–water partition coefficient (Wildman–Crippen LogP) is 0.376. The summed E-state index contributed by atoms with van der Waals surface area (Å²) in [6.07, 6.45) is 9.65. The molecule has 0 bridgehead atoms. The van der Waals surface area contributed by atoms with E-state index in [-0.39, 0.29) is 0 Å². The van der Waals surface area contributed by atoms with Crippen LogP contribution in [0.3, 0.4) is 0 Å². The molecule has 0 aliphatic carbocycles. The van der Waals surface area contributed by atoms with Crippen molar-refractivity contribution in [3.8, 4) is 0 Å². The molecular formula is C14H16N8. The number of anilines is 1. The first-order valence-electron chi connectivity index (χ1n) is 7.28.